The fraction of sp³-hybridized carbons (Fsp3) is 0.296. The van der Waals surface area contributed by atoms with Gasteiger partial charge in [-0.25, -0.2) is 4.99 Å². The van der Waals surface area contributed by atoms with Crippen LogP contribution in [0.4, 0.5) is 5.69 Å². The molecule has 3 aromatic rings. The fourth-order valence-electron chi connectivity index (χ4n) is 3.97. The molecule has 0 unspecified atom stereocenters. The fourth-order valence-corrected chi connectivity index (χ4v) is 3.97. The highest BCUT2D eigenvalue weighted by atomic mass is 16.5. The molecule has 1 aliphatic rings. The van der Waals surface area contributed by atoms with Crippen LogP contribution >= 0.6 is 0 Å². The molecule has 1 atom stereocenters. The molecule has 1 saturated heterocycles. The Kier molecular flexibility index (Phi) is 6.73. The molecule has 30 heavy (non-hydrogen) atoms. The summed E-state index contributed by atoms with van der Waals surface area (Å²) in [5.74, 6) is 0.676. The van der Waals surface area contributed by atoms with E-state index in [9.17, 15) is 0 Å². The van der Waals surface area contributed by atoms with Crippen molar-refractivity contribution in [3.8, 4) is 0 Å². The predicted molar refractivity (Wildman–Crippen MR) is 125 cm³/mol. The maximum atomic E-state index is 6.06. The Balaban J connectivity index is 1.57. The van der Waals surface area contributed by atoms with Gasteiger partial charge in [-0.2, -0.15) is 0 Å². The Hall–Kier alpha value is -2.75. The molecule has 0 spiro atoms. The predicted octanol–water partition coefficient (Wildman–Crippen LogP) is 5.89. The van der Waals surface area contributed by atoms with Gasteiger partial charge >= 0.3 is 0 Å². The topological polar surface area (TPSA) is 24.8 Å². The van der Waals surface area contributed by atoms with E-state index in [2.05, 4.69) is 91.5 Å². The molecule has 4 rings (SSSR count). The van der Waals surface area contributed by atoms with Crippen LogP contribution in [0.15, 0.2) is 89.9 Å². The summed E-state index contributed by atoms with van der Waals surface area (Å²) in [4.78, 5) is 7.51. The van der Waals surface area contributed by atoms with Crippen molar-refractivity contribution in [2.24, 2.45) is 10.9 Å². The van der Waals surface area contributed by atoms with Gasteiger partial charge in [-0.05, 0) is 23.6 Å². The molecule has 0 saturated carbocycles. The SMILES string of the molecule is CC(C)CN1CCO[C@@H](c2ccc(N=C(c3ccccc3)c3ccccc3)cc2)C1. The highest BCUT2D eigenvalue weighted by Crippen LogP contribution is 2.26. The molecule has 0 amide bonds. The molecular weight excluding hydrogens is 368 g/mol. The van der Waals surface area contributed by atoms with Crippen LogP contribution in [0.1, 0.15) is 36.6 Å². The van der Waals surface area contributed by atoms with Crippen molar-refractivity contribution < 1.29 is 4.74 Å². The summed E-state index contributed by atoms with van der Waals surface area (Å²) in [6.45, 7) is 8.44. The number of rotatable bonds is 6. The molecule has 154 valence electrons. The molecule has 3 nitrogen and oxygen atoms in total. The number of morpholine rings is 1. The minimum absolute atomic E-state index is 0.137. The second-order valence-corrected chi connectivity index (χ2v) is 8.30. The summed E-state index contributed by atoms with van der Waals surface area (Å²) in [5.41, 5.74) is 5.40. The molecule has 0 bridgehead atoms. The van der Waals surface area contributed by atoms with Crippen molar-refractivity contribution in [3.63, 3.8) is 0 Å². The third kappa shape index (κ3) is 5.24. The maximum absolute atomic E-state index is 6.06. The Morgan fingerprint density at radius 1 is 0.900 bits per heavy atom. The molecule has 0 aromatic heterocycles. The van der Waals surface area contributed by atoms with E-state index in [1.165, 1.54) is 5.56 Å². The lowest BCUT2D eigenvalue weighted by Gasteiger charge is -2.34. The Morgan fingerprint density at radius 3 is 2.07 bits per heavy atom. The molecule has 0 aliphatic carbocycles. The number of aliphatic imine (C=N–C) groups is 1. The van der Waals surface area contributed by atoms with Crippen LogP contribution in [0.5, 0.6) is 0 Å². The maximum Gasteiger partial charge on any atom is 0.0952 e. The lowest BCUT2D eigenvalue weighted by atomic mass is 10.0. The van der Waals surface area contributed by atoms with Crippen LogP contribution in [0, 0.1) is 5.92 Å². The van der Waals surface area contributed by atoms with Crippen LogP contribution in [0.25, 0.3) is 0 Å². The van der Waals surface area contributed by atoms with Gasteiger partial charge in [0, 0.05) is 30.8 Å². The molecule has 3 aromatic carbocycles. The van der Waals surface area contributed by atoms with Crippen molar-refractivity contribution in [2.75, 3.05) is 26.2 Å². The highest BCUT2D eigenvalue weighted by Gasteiger charge is 2.22. The Labute approximate surface area is 180 Å². The number of ether oxygens (including phenoxy) is 1. The quantitative estimate of drug-likeness (QED) is 0.484. The van der Waals surface area contributed by atoms with Crippen LogP contribution in [-0.2, 0) is 4.74 Å². The first kappa shape index (κ1) is 20.5. The van der Waals surface area contributed by atoms with Gasteiger partial charge in [0.1, 0.15) is 0 Å². The first-order valence-electron chi connectivity index (χ1n) is 10.8. The monoisotopic (exact) mass is 398 g/mol. The van der Waals surface area contributed by atoms with Gasteiger partial charge in [-0.1, -0.05) is 86.6 Å². The summed E-state index contributed by atoms with van der Waals surface area (Å²) in [6.07, 6.45) is 0.137. The smallest absolute Gasteiger partial charge is 0.0952 e. The van der Waals surface area contributed by atoms with E-state index in [0.29, 0.717) is 5.92 Å². The van der Waals surface area contributed by atoms with E-state index in [4.69, 9.17) is 9.73 Å². The van der Waals surface area contributed by atoms with Gasteiger partial charge in [0.2, 0.25) is 0 Å². The summed E-state index contributed by atoms with van der Waals surface area (Å²) in [7, 11) is 0. The minimum Gasteiger partial charge on any atom is -0.371 e. The van der Waals surface area contributed by atoms with Crippen LogP contribution < -0.4 is 0 Å². The van der Waals surface area contributed by atoms with E-state index < -0.39 is 0 Å². The van der Waals surface area contributed by atoms with Crippen molar-refractivity contribution in [1.82, 2.24) is 4.90 Å². The average Bonchev–Trinajstić information content (AvgIpc) is 2.79. The lowest BCUT2D eigenvalue weighted by Crippen LogP contribution is -2.40. The van der Waals surface area contributed by atoms with Crippen molar-refractivity contribution in [2.45, 2.75) is 20.0 Å². The third-order valence-electron chi connectivity index (χ3n) is 5.37. The molecule has 1 heterocycles. The second-order valence-electron chi connectivity index (χ2n) is 8.30. The van der Waals surface area contributed by atoms with Gasteiger partial charge in [0.05, 0.1) is 24.1 Å². The second kappa shape index (κ2) is 9.84. The van der Waals surface area contributed by atoms with E-state index in [1.807, 2.05) is 12.1 Å². The first-order valence-corrected chi connectivity index (χ1v) is 10.8. The van der Waals surface area contributed by atoms with E-state index in [1.54, 1.807) is 0 Å². The Bertz CT molecular complexity index is 908. The van der Waals surface area contributed by atoms with Crippen molar-refractivity contribution >= 4 is 11.4 Å². The summed E-state index contributed by atoms with van der Waals surface area (Å²) in [5, 5.41) is 0. The van der Waals surface area contributed by atoms with Crippen molar-refractivity contribution in [3.05, 3.63) is 102 Å². The van der Waals surface area contributed by atoms with Crippen LogP contribution in [0.3, 0.4) is 0 Å². The molecule has 1 aliphatic heterocycles. The summed E-state index contributed by atoms with van der Waals surface area (Å²) >= 11 is 0. The van der Waals surface area contributed by atoms with Gasteiger partial charge in [0.25, 0.3) is 0 Å². The Morgan fingerprint density at radius 2 is 1.50 bits per heavy atom. The van der Waals surface area contributed by atoms with E-state index >= 15 is 0 Å². The van der Waals surface area contributed by atoms with Gasteiger partial charge in [-0.3, -0.25) is 4.90 Å². The van der Waals surface area contributed by atoms with Crippen LogP contribution in [-0.4, -0.2) is 36.9 Å². The van der Waals surface area contributed by atoms with Crippen molar-refractivity contribution in [1.29, 1.82) is 0 Å². The largest absolute Gasteiger partial charge is 0.371 e. The van der Waals surface area contributed by atoms with E-state index in [-0.39, 0.29) is 6.10 Å². The highest BCUT2D eigenvalue weighted by molar-refractivity contribution is 6.13. The number of hydrogen-bond acceptors (Lipinski definition) is 3. The van der Waals surface area contributed by atoms with E-state index in [0.717, 1.165) is 48.8 Å². The third-order valence-corrected chi connectivity index (χ3v) is 5.37. The van der Waals surface area contributed by atoms with Crippen LogP contribution in [0.2, 0.25) is 0 Å². The summed E-state index contributed by atoms with van der Waals surface area (Å²) < 4.78 is 6.06. The minimum atomic E-state index is 0.137. The lowest BCUT2D eigenvalue weighted by molar-refractivity contribution is -0.0331. The van der Waals surface area contributed by atoms with Gasteiger partial charge in [-0.15, -0.1) is 0 Å². The zero-order valence-electron chi connectivity index (χ0n) is 17.9. The zero-order chi connectivity index (χ0) is 20.8. The zero-order valence-corrected chi connectivity index (χ0v) is 17.9. The number of benzene rings is 3. The molecule has 0 N–H and O–H groups in total. The standard InChI is InChI=1S/C27H30N2O/c1-21(2)19-29-17-18-30-26(20-29)22-13-15-25(16-14-22)28-27(23-9-5-3-6-10-23)24-11-7-4-8-12-24/h3-16,21,26H,17-20H2,1-2H3/t26-/m1/s1. The van der Waals surface area contributed by atoms with Gasteiger partial charge in [0.15, 0.2) is 0 Å². The average molecular weight is 399 g/mol. The number of nitrogens with zero attached hydrogens (tertiary/aromatic N) is 2. The van der Waals surface area contributed by atoms with Gasteiger partial charge < -0.3 is 4.74 Å². The molecular formula is C27H30N2O. The molecule has 3 heteroatoms. The molecule has 1 fully saturated rings. The first-order chi connectivity index (χ1) is 14.7. The normalized spacial score (nSPS) is 17.1. The molecule has 0 radical (unpaired) electrons. The summed E-state index contributed by atoms with van der Waals surface area (Å²) in [6, 6.07) is 29.3. The number of hydrogen-bond donors (Lipinski definition) is 0.